The highest BCUT2D eigenvalue weighted by Gasteiger charge is 2.11. The second-order valence-corrected chi connectivity index (χ2v) is 2.60. The summed E-state index contributed by atoms with van der Waals surface area (Å²) in [5.41, 5.74) is 1.20. The van der Waals surface area contributed by atoms with E-state index in [9.17, 15) is 0 Å². The molecule has 3 heteroatoms. The maximum atomic E-state index is 5.07. The van der Waals surface area contributed by atoms with Gasteiger partial charge in [0, 0.05) is 23.8 Å². The van der Waals surface area contributed by atoms with Gasteiger partial charge in [-0.3, -0.25) is 0 Å². The van der Waals surface area contributed by atoms with E-state index in [1.165, 1.54) is 17.6 Å². The van der Waals surface area contributed by atoms with Gasteiger partial charge in [0.1, 0.15) is 5.03 Å². The Labute approximate surface area is 57.5 Å². The van der Waals surface area contributed by atoms with Gasteiger partial charge in [0.15, 0.2) is 0 Å². The Kier molecular flexibility index (Phi) is 1.17. The average molecular weight is 139 g/mol. The lowest BCUT2D eigenvalue weighted by Gasteiger charge is -1.87. The summed E-state index contributed by atoms with van der Waals surface area (Å²) in [6.45, 7) is 0.702. The Bertz CT molecular complexity index is 203. The van der Waals surface area contributed by atoms with Crippen LogP contribution < -0.4 is 0 Å². The zero-order valence-electron chi connectivity index (χ0n) is 4.70. The monoisotopic (exact) mass is 139 g/mol. The molecule has 0 saturated carbocycles. The van der Waals surface area contributed by atoms with Crippen LogP contribution in [0.5, 0.6) is 0 Å². The van der Waals surface area contributed by atoms with Gasteiger partial charge >= 0.3 is 0 Å². The lowest BCUT2D eigenvalue weighted by molar-refractivity contribution is 0.379. The van der Waals surface area contributed by atoms with E-state index < -0.39 is 0 Å². The van der Waals surface area contributed by atoms with E-state index in [0.29, 0.717) is 6.61 Å². The molecule has 1 aromatic rings. The number of hydrogen-bond donors (Lipinski definition) is 0. The van der Waals surface area contributed by atoms with E-state index in [-0.39, 0.29) is 0 Å². The quantitative estimate of drug-likeness (QED) is 0.510. The van der Waals surface area contributed by atoms with Crippen molar-refractivity contribution in [1.82, 2.24) is 4.98 Å². The largest absolute Gasteiger partial charge is 0.304 e. The minimum atomic E-state index is 0.702. The van der Waals surface area contributed by atoms with Crippen molar-refractivity contribution in [2.24, 2.45) is 0 Å². The summed E-state index contributed by atoms with van der Waals surface area (Å²) in [4.78, 5) is 4.10. The molecule has 0 N–H and O–H groups in total. The molecule has 1 aromatic heterocycles. The molecule has 1 aliphatic heterocycles. The summed E-state index contributed by atoms with van der Waals surface area (Å²) < 4.78 is 5.07. The van der Waals surface area contributed by atoms with Crippen molar-refractivity contribution in [2.75, 3.05) is 0 Å². The van der Waals surface area contributed by atoms with Crippen LogP contribution in [0.15, 0.2) is 23.4 Å². The van der Waals surface area contributed by atoms with Gasteiger partial charge in [-0.2, -0.15) is 0 Å². The first-order valence-corrected chi connectivity index (χ1v) is 3.44. The third-order valence-corrected chi connectivity index (χ3v) is 1.96. The summed E-state index contributed by atoms with van der Waals surface area (Å²) in [5, 5.41) is 1.01. The standard InChI is InChI=1S/C6H5NOS/c1-2-5-4-8-9-6(5)7-3-1/h1-3H,4H2. The minimum Gasteiger partial charge on any atom is -0.304 e. The van der Waals surface area contributed by atoms with E-state index in [1.54, 1.807) is 6.20 Å². The molecule has 1 aliphatic rings. The van der Waals surface area contributed by atoms with Crippen LogP contribution in [0.3, 0.4) is 0 Å². The molecule has 9 heavy (non-hydrogen) atoms. The molecule has 0 bridgehead atoms. The molecule has 0 aromatic carbocycles. The van der Waals surface area contributed by atoms with E-state index in [4.69, 9.17) is 4.18 Å². The number of aromatic nitrogens is 1. The smallest absolute Gasteiger partial charge is 0.129 e. The van der Waals surface area contributed by atoms with E-state index in [0.717, 1.165) is 5.03 Å². The third kappa shape index (κ3) is 0.821. The normalized spacial score (nSPS) is 15.6. The van der Waals surface area contributed by atoms with Gasteiger partial charge in [-0.1, -0.05) is 6.07 Å². The fourth-order valence-corrected chi connectivity index (χ4v) is 1.39. The summed E-state index contributed by atoms with van der Waals surface area (Å²) in [5.74, 6) is 0. The second-order valence-electron chi connectivity index (χ2n) is 1.81. The van der Waals surface area contributed by atoms with Crippen LogP contribution in [0.25, 0.3) is 0 Å². The van der Waals surface area contributed by atoms with Crippen LogP contribution in [-0.2, 0) is 10.8 Å². The summed E-state index contributed by atoms with van der Waals surface area (Å²) in [6, 6.07) is 3.95. The molecule has 0 atom stereocenters. The number of fused-ring (bicyclic) bond motifs is 1. The van der Waals surface area contributed by atoms with Gasteiger partial charge in [0.05, 0.1) is 6.61 Å². The summed E-state index contributed by atoms with van der Waals surface area (Å²) in [6.07, 6.45) is 1.78. The van der Waals surface area contributed by atoms with Crippen molar-refractivity contribution in [3.63, 3.8) is 0 Å². The maximum absolute atomic E-state index is 5.07. The Morgan fingerprint density at radius 1 is 1.67 bits per heavy atom. The van der Waals surface area contributed by atoms with Crippen molar-refractivity contribution in [3.8, 4) is 0 Å². The first kappa shape index (κ1) is 5.26. The highest BCUT2D eigenvalue weighted by Crippen LogP contribution is 2.29. The van der Waals surface area contributed by atoms with Gasteiger partial charge in [0.25, 0.3) is 0 Å². The second kappa shape index (κ2) is 2.01. The molecule has 0 amide bonds. The average Bonchev–Trinajstić information content (AvgIpc) is 2.33. The molecule has 0 radical (unpaired) electrons. The van der Waals surface area contributed by atoms with Gasteiger partial charge < -0.3 is 4.18 Å². The van der Waals surface area contributed by atoms with Crippen molar-refractivity contribution < 1.29 is 4.18 Å². The van der Waals surface area contributed by atoms with E-state index in [1.807, 2.05) is 12.1 Å². The van der Waals surface area contributed by atoms with Crippen LogP contribution in [0.2, 0.25) is 0 Å². The molecule has 0 saturated heterocycles. The van der Waals surface area contributed by atoms with Gasteiger partial charge in [-0.25, -0.2) is 4.98 Å². The van der Waals surface area contributed by atoms with Gasteiger partial charge in [-0.15, -0.1) is 0 Å². The number of hydrogen-bond acceptors (Lipinski definition) is 3. The minimum absolute atomic E-state index is 0.702. The van der Waals surface area contributed by atoms with Crippen LogP contribution >= 0.6 is 12.0 Å². The molecule has 0 unspecified atom stereocenters. The molecule has 0 fully saturated rings. The predicted octanol–water partition coefficient (Wildman–Crippen LogP) is 1.62. The Balaban J connectivity index is 2.54. The molecular formula is C6H5NOS. The van der Waals surface area contributed by atoms with Crippen molar-refractivity contribution >= 4 is 12.0 Å². The first-order valence-electron chi connectivity index (χ1n) is 2.70. The molecule has 0 spiro atoms. The van der Waals surface area contributed by atoms with Gasteiger partial charge in [-0.05, 0) is 6.07 Å². The van der Waals surface area contributed by atoms with Crippen molar-refractivity contribution in [1.29, 1.82) is 0 Å². The van der Waals surface area contributed by atoms with Crippen molar-refractivity contribution in [3.05, 3.63) is 23.9 Å². The van der Waals surface area contributed by atoms with Crippen LogP contribution in [-0.4, -0.2) is 4.98 Å². The number of pyridine rings is 1. The molecule has 2 nitrogen and oxygen atoms in total. The summed E-state index contributed by atoms with van der Waals surface area (Å²) in [7, 11) is 0. The number of nitrogens with zero attached hydrogens (tertiary/aromatic N) is 1. The molecular weight excluding hydrogens is 134 g/mol. The Morgan fingerprint density at radius 3 is 3.56 bits per heavy atom. The highest BCUT2D eigenvalue weighted by atomic mass is 32.2. The Hall–Kier alpha value is -0.540. The zero-order valence-corrected chi connectivity index (χ0v) is 5.52. The Morgan fingerprint density at radius 2 is 2.67 bits per heavy atom. The fraction of sp³-hybridized carbons (Fsp3) is 0.167. The molecule has 46 valence electrons. The SMILES string of the molecule is c1cnc2c(c1)COS2. The highest BCUT2D eigenvalue weighted by molar-refractivity contribution is 7.94. The van der Waals surface area contributed by atoms with Crippen LogP contribution in [0.4, 0.5) is 0 Å². The third-order valence-electron chi connectivity index (χ3n) is 1.20. The van der Waals surface area contributed by atoms with E-state index >= 15 is 0 Å². The fourth-order valence-electron chi connectivity index (χ4n) is 0.758. The maximum Gasteiger partial charge on any atom is 0.129 e. The predicted molar refractivity (Wildman–Crippen MR) is 34.9 cm³/mol. The molecule has 0 aliphatic carbocycles. The topological polar surface area (TPSA) is 22.1 Å². The van der Waals surface area contributed by atoms with Gasteiger partial charge in [0.2, 0.25) is 0 Å². The molecule has 2 rings (SSSR count). The first-order chi connectivity index (χ1) is 4.47. The van der Waals surface area contributed by atoms with Crippen LogP contribution in [0.1, 0.15) is 5.56 Å². The van der Waals surface area contributed by atoms with Crippen molar-refractivity contribution in [2.45, 2.75) is 11.6 Å². The number of rotatable bonds is 0. The summed E-state index contributed by atoms with van der Waals surface area (Å²) >= 11 is 1.36. The lowest BCUT2D eigenvalue weighted by atomic mass is 10.3. The molecule has 2 heterocycles. The lowest BCUT2D eigenvalue weighted by Crippen LogP contribution is -1.79. The van der Waals surface area contributed by atoms with Crippen LogP contribution in [0, 0.1) is 0 Å². The zero-order chi connectivity index (χ0) is 6.10. The van der Waals surface area contributed by atoms with E-state index in [2.05, 4.69) is 4.98 Å².